The van der Waals surface area contributed by atoms with Crippen LogP contribution in [0.1, 0.15) is 19.3 Å². The summed E-state index contributed by atoms with van der Waals surface area (Å²) >= 11 is 0. The molecule has 1 aromatic heterocycles. The Morgan fingerprint density at radius 3 is 2.60 bits per heavy atom. The number of hydrogen-bond acceptors (Lipinski definition) is 4. The minimum absolute atomic E-state index is 0.114. The molecule has 0 spiro atoms. The van der Waals surface area contributed by atoms with Crippen LogP contribution < -0.4 is 16.1 Å². The van der Waals surface area contributed by atoms with Crippen LogP contribution in [0.15, 0.2) is 27.9 Å². The van der Waals surface area contributed by atoms with Gasteiger partial charge in [-0.1, -0.05) is 0 Å². The first kappa shape index (κ1) is 13.3. The third-order valence-corrected chi connectivity index (χ3v) is 5.16. The number of nitrogens with one attached hydrogen (secondary N) is 3. The average molecular weight is 296 g/mol. The third kappa shape index (κ3) is 2.37. The van der Waals surface area contributed by atoms with Gasteiger partial charge >= 0.3 is 5.69 Å². The van der Waals surface area contributed by atoms with Gasteiger partial charge in [0.25, 0.3) is 0 Å². The van der Waals surface area contributed by atoms with E-state index in [1.54, 1.807) is 6.07 Å². The lowest BCUT2D eigenvalue weighted by molar-refractivity contribution is 0.251. The van der Waals surface area contributed by atoms with Gasteiger partial charge in [-0.3, -0.25) is 0 Å². The second-order valence-corrected chi connectivity index (χ2v) is 7.09. The normalized spacial score (nSPS) is 18.1. The second kappa shape index (κ2) is 4.44. The lowest BCUT2D eigenvalue weighted by Crippen LogP contribution is -2.54. The van der Waals surface area contributed by atoms with Crippen LogP contribution in [0.3, 0.4) is 0 Å². The van der Waals surface area contributed by atoms with Crippen molar-refractivity contribution in [3.8, 4) is 0 Å². The quantitative estimate of drug-likeness (QED) is 0.635. The maximum atomic E-state index is 12.2. The molecule has 0 saturated heterocycles. The Hall–Kier alpha value is -1.64. The Morgan fingerprint density at radius 1 is 1.25 bits per heavy atom. The van der Waals surface area contributed by atoms with Crippen LogP contribution in [0.2, 0.25) is 0 Å². The van der Waals surface area contributed by atoms with Crippen LogP contribution in [0.4, 0.5) is 0 Å². The fraction of sp³-hybridized carbons (Fsp3) is 0.417. The SMILES string of the molecule is NC1(CNS(=O)(=O)c2ccc3[nH]c(=O)[nH]c3c2)CCC1. The Bertz CT molecular complexity index is 801. The summed E-state index contributed by atoms with van der Waals surface area (Å²) in [4.78, 5) is 16.4. The fourth-order valence-electron chi connectivity index (χ4n) is 2.31. The molecule has 1 aromatic carbocycles. The number of aromatic amines is 2. The molecule has 7 nitrogen and oxygen atoms in total. The van der Waals surface area contributed by atoms with Crippen LogP contribution in [0, 0.1) is 0 Å². The Kier molecular flexibility index (Phi) is 2.96. The van der Waals surface area contributed by atoms with Gasteiger partial charge in [-0.2, -0.15) is 0 Å². The zero-order valence-corrected chi connectivity index (χ0v) is 11.6. The van der Waals surface area contributed by atoms with Gasteiger partial charge in [-0.25, -0.2) is 17.9 Å². The highest BCUT2D eigenvalue weighted by Crippen LogP contribution is 2.28. The molecule has 5 N–H and O–H groups in total. The minimum Gasteiger partial charge on any atom is -0.324 e. The first-order chi connectivity index (χ1) is 9.38. The average Bonchev–Trinajstić information content (AvgIpc) is 2.73. The molecule has 1 heterocycles. The van der Waals surface area contributed by atoms with Crippen molar-refractivity contribution in [1.82, 2.24) is 14.7 Å². The molecule has 108 valence electrons. The summed E-state index contributed by atoms with van der Waals surface area (Å²) in [6.07, 6.45) is 2.70. The molecule has 8 heteroatoms. The van der Waals surface area contributed by atoms with E-state index in [9.17, 15) is 13.2 Å². The number of nitrogens with two attached hydrogens (primary N) is 1. The molecule has 0 bridgehead atoms. The predicted octanol–water partition coefficient (Wildman–Crippen LogP) is 0.0159. The molecule has 0 aliphatic heterocycles. The maximum Gasteiger partial charge on any atom is 0.323 e. The van der Waals surface area contributed by atoms with Crippen molar-refractivity contribution in [1.29, 1.82) is 0 Å². The number of aromatic nitrogens is 2. The van der Waals surface area contributed by atoms with Crippen molar-refractivity contribution in [2.75, 3.05) is 6.54 Å². The second-order valence-electron chi connectivity index (χ2n) is 5.33. The van der Waals surface area contributed by atoms with E-state index < -0.39 is 15.6 Å². The fourth-order valence-corrected chi connectivity index (χ4v) is 3.47. The van der Waals surface area contributed by atoms with Crippen molar-refractivity contribution >= 4 is 21.1 Å². The Balaban J connectivity index is 1.86. The topological polar surface area (TPSA) is 121 Å². The lowest BCUT2D eigenvalue weighted by Gasteiger charge is -2.37. The first-order valence-corrected chi connectivity index (χ1v) is 7.87. The number of fused-ring (bicyclic) bond motifs is 1. The van der Waals surface area contributed by atoms with Crippen molar-refractivity contribution < 1.29 is 8.42 Å². The van der Waals surface area contributed by atoms with Gasteiger partial charge in [-0.05, 0) is 37.5 Å². The molecule has 1 aliphatic rings. The molecule has 1 saturated carbocycles. The maximum absolute atomic E-state index is 12.2. The molecule has 2 aromatic rings. The van der Waals surface area contributed by atoms with Crippen LogP contribution in [0.5, 0.6) is 0 Å². The molecule has 0 atom stereocenters. The number of rotatable bonds is 4. The number of hydrogen-bond donors (Lipinski definition) is 4. The summed E-state index contributed by atoms with van der Waals surface area (Å²) < 4.78 is 26.9. The van der Waals surface area contributed by atoms with Gasteiger partial charge in [0, 0.05) is 12.1 Å². The largest absolute Gasteiger partial charge is 0.324 e. The Labute approximate surface area is 115 Å². The van der Waals surface area contributed by atoms with E-state index in [0.29, 0.717) is 11.0 Å². The highest BCUT2D eigenvalue weighted by Gasteiger charge is 2.33. The van der Waals surface area contributed by atoms with Crippen molar-refractivity contribution in [3.63, 3.8) is 0 Å². The summed E-state index contributed by atoms with van der Waals surface area (Å²) in [6, 6.07) is 4.45. The van der Waals surface area contributed by atoms with E-state index >= 15 is 0 Å². The molecular formula is C12H16N4O3S. The third-order valence-electron chi connectivity index (χ3n) is 3.76. The van der Waals surface area contributed by atoms with E-state index in [2.05, 4.69) is 14.7 Å². The zero-order valence-electron chi connectivity index (χ0n) is 10.8. The summed E-state index contributed by atoms with van der Waals surface area (Å²) in [5, 5.41) is 0. The predicted molar refractivity (Wildman–Crippen MR) is 74.9 cm³/mol. The zero-order chi connectivity index (χ0) is 14.4. The van der Waals surface area contributed by atoms with E-state index in [1.807, 2.05) is 0 Å². The van der Waals surface area contributed by atoms with Crippen LogP contribution in [0.25, 0.3) is 11.0 Å². The van der Waals surface area contributed by atoms with E-state index in [-0.39, 0.29) is 17.1 Å². The van der Waals surface area contributed by atoms with Crippen LogP contribution in [-0.4, -0.2) is 30.5 Å². The van der Waals surface area contributed by atoms with Crippen LogP contribution in [-0.2, 0) is 10.0 Å². The van der Waals surface area contributed by atoms with Gasteiger partial charge in [0.15, 0.2) is 0 Å². The van der Waals surface area contributed by atoms with Crippen LogP contribution >= 0.6 is 0 Å². The summed E-state index contributed by atoms with van der Waals surface area (Å²) in [7, 11) is -3.62. The summed E-state index contributed by atoms with van der Waals surface area (Å²) in [6.45, 7) is 0.233. The molecule has 1 aliphatic carbocycles. The summed E-state index contributed by atoms with van der Waals surface area (Å²) in [5.41, 5.74) is 6.26. The number of imidazole rings is 1. The summed E-state index contributed by atoms with van der Waals surface area (Å²) in [5.74, 6) is 0. The van der Waals surface area contributed by atoms with Crippen molar-refractivity contribution in [3.05, 3.63) is 28.7 Å². The number of sulfonamides is 1. The monoisotopic (exact) mass is 296 g/mol. The molecule has 0 radical (unpaired) electrons. The number of benzene rings is 1. The minimum atomic E-state index is -3.62. The molecule has 3 rings (SSSR count). The van der Waals surface area contributed by atoms with Crippen molar-refractivity contribution in [2.24, 2.45) is 5.73 Å². The van der Waals surface area contributed by atoms with Gasteiger partial charge < -0.3 is 15.7 Å². The van der Waals surface area contributed by atoms with Crippen molar-refractivity contribution in [2.45, 2.75) is 29.7 Å². The molecular weight excluding hydrogens is 280 g/mol. The van der Waals surface area contributed by atoms with E-state index in [1.165, 1.54) is 12.1 Å². The molecule has 20 heavy (non-hydrogen) atoms. The van der Waals surface area contributed by atoms with E-state index in [4.69, 9.17) is 5.73 Å². The van der Waals surface area contributed by atoms with Gasteiger partial charge in [0.1, 0.15) is 0 Å². The van der Waals surface area contributed by atoms with E-state index in [0.717, 1.165) is 19.3 Å². The number of H-pyrrole nitrogens is 2. The molecule has 0 amide bonds. The van der Waals surface area contributed by atoms with Gasteiger partial charge in [-0.15, -0.1) is 0 Å². The van der Waals surface area contributed by atoms with Gasteiger partial charge in [0.2, 0.25) is 10.0 Å². The smallest absolute Gasteiger partial charge is 0.323 e. The van der Waals surface area contributed by atoms with Gasteiger partial charge in [0.05, 0.1) is 15.9 Å². The molecule has 0 unspecified atom stereocenters. The highest BCUT2D eigenvalue weighted by molar-refractivity contribution is 7.89. The molecule has 1 fully saturated rings. The highest BCUT2D eigenvalue weighted by atomic mass is 32.2. The standard InChI is InChI=1S/C12H16N4O3S/c13-12(4-1-5-12)7-14-20(18,19)8-2-3-9-10(6-8)16-11(17)15-9/h2-3,6,14H,1,4-5,7,13H2,(H2,15,16,17). The Morgan fingerprint density at radius 2 is 1.95 bits per heavy atom. The lowest BCUT2D eigenvalue weighted by atomic mass is 9.78. The first-order valence-electron chi connectivity index (χ1n) is 6.39.